The zero-order valence-corrected chi connectivity index (χ0v) is 22.3. The van der Waals surface area contributed by atoms with Gasteiger partial charge in [0.05, 0.1) is 18.8 Å². The molecule has 0 saturated carbocycles. The summed E-state index contributed by atoms with van der Waals surface area (Å²) < 4.78 is 11.1. The van der Waals surface area contributed by atoms with E-state index in [9.17, 15) is 19.5 Å². The van der Waals surface area contributed by atoms with Gasteiger partial charge in [-0.25, -0.2) is 0 Å². The summed E-state index contributed by atoms with van der Waals surface area (Å²) in [7, 11) is 1.62. The van der Waals surface area contributed by atoms with E-state index in [0.717, 1.165) is 18.7 Å². The third-order valence-corrected chi connectivity index (χ3v) is 7.70. The van der Waals surface area contributed by atoms with Crippen molar-refractivity contribution in [2.24, 2.45) is 0 Å². The van der Waals surface area contributed by atoms with Crippen molar-refractivity contribution in [3.8, 4) is 5.75 Å². The molecule has 204 valence electrons. The fourth-order valence-electron chi connectivity index (χ4n) is 5.80. The quantitative estimate of drug-likeness (QED) is 0.242. The number of aryl methyl sites for hydroxylation is 1. The van der Waals surface area contributed by atoms with Crippen LogP contribution in [0.5, 0.6) is 5.75 Å². The van der Waals surface area contributed by atoms with Crippen molar-refractivity contribution in [1.82, 2.24) is 9.80 Å². The first-order valence-electron chi connectivity index (χ1n) is 13.1. The Kier molecular flexibility index (Phi) is 7.29. The van der Waals surface area contributed by atoms with Crippen molar-refractivity contribution < 1.29 is 29.0 Å². The molecule has 2 aromatic carbocycles. The van der Waals surface area contributed by atoms with Gasteiger partial charge in [-0.3, -0.25) is 19.3 Å². The van der Waals surface area contributed by atoms with Crippen molar-refractivity contribution in [2.75, 3.05) is 57.9 Å². The third kappa shape index (κ3) is 4.31. The molecule has 2 saturated heterocycles. The van der Waals surface area contributed by atoms with Gasteiger partial charge in [0, 0.05) is 50.0 Å². The van der Waals surface area contributed by atoms with Gasteiger partial charge >= 0.3 is 0 Å². The number of aliphatic hydroxyl groups is 1. The fraction of sp³-hybridized carbons (Fsp3) is 0.367. The summed E-state index contributed by atoms with van der Waals surface area (Å²) >= 11 is 0. The van der Waals surface area contributed by atoms with Crippen LogP contribution in [0, 0.1) is 6.92 Å². The van der Waals surface area contributed by atoms with Crippen LogP contribution in [0.2, 0.25) is 0 Å². The number of rotatable bonds is 8. The maximum Gasteiger partial charge on any atom is 0.296 e. The number of likely N-dealkylation sites (N-methyl/N-ethyl adjacent to an activating group) is 1. The fourth-order valence-corrected chi connectivity index (χ4v) is 5.80. The first-order valence-corrected chi connectivity index (χ1v) is 13.1. The molecule has 5 rings (SSSR count). The molecule has 1 atom stereocenters. The Hall–Kier alpha value is -3.95. The molecule has 39 heavy (non-hydrogen) atoms. The lowest BCUT2D eigenvalue weighted by Crippen LogP contribution is -2.52. The van der Waals surface area contributed by atoms with Crippen molar-refractivity contribution in [3.05, 3.63) is 77.4 Å². The molecule has 2 fully saturated rings. The van der Waals surface area contributed by atoms with Crippen LogP contribution in [0.1, 0.15) is 23.1 Å². The first kappa shape index (κ1) is 26.6. The summed E-state index contributed by atoms with van der Waals surface area (Å²) in [5.41, 5.74) is 0.194. The smallest absolute Gasteiger partial charge is 0.296 e. The molecule has 3 aliphatic rings. The second kappa shape index (κ2) is 10.7. The van der Waals surface area contributed by atoms with Gasteiger partial charge in [0.15, 0.2) is 5.54 Å². The molecule has 0 aliphatic carbocycles. The molecule has 0 bridgehead atoms. The third-order valence-electron chi connectivity index (χ3n) is 7.70. The summed E-state index contributed by atoms with van der Waals surface area (Å²) in [6.07, 6.45) is 2.19. The number of ketones is 1. The molecule has 0 unspecified atom stereocenters. The number of ether oxygens (including phenoxy) is 2. The van der Waals surface area contributed by atoms with E-state index in [2.05, 4.69) is 11.5 Å². The highest BCUT2D eigenvalue weighted by molar-refractivity contribution is 6.50. The number of anilines is 1. The minimum Gasteiger partial charge on any atom is -0.507 e. The predicted molar refractivity (Wildman–Crippen MR) is 147 cm³/mol. The monoisotopic (exact) mass is 531 g/mol. The molecule has 9 nitrogen and oxygen atoms in total. The highest BCUT2D eigenvalue weighted by Gasteiger charge is 2.66. The lowest BCUT2D eigenvalue weighted by Gasteiger charge is -2.35. The second-order valence-corrected chi connectivity index (χ2v) is 9.99. The van der Waals surface area contributed by atoms with E-state index >= 15 is 0 Å². The van der Waals surface area contributed by atoms with Crippen LogP contribution in [0.3, 0.4) is 0 Å². The number of nitrogens with zero attached hydrogens (tertiary/aromatic N) is 3. The van der Waals surface area contributed by atoms with E-state index in [4.69, 9.17) is 9.47 Å². The van der Waals surface area contributed by atoms with Crippen molar-refractivity contribution in [3.63, 3.8) is 0 Å². The molecule has 1 N–H and O–H groups in total. The number of carbonyl (C=O) groups excluding carboxylic acids is 3. The molecule has 1 spiro atoms. The van der Waals surface area contributed by atoms with Crippen molar-refractivity contribution in [2.45, 2.75) is 18.9 Å². The summed E-state index contributed by atoms with van der Waals surface area (Å²) in [6.45, 7) is 9.56. The van der Waals surface area contributed by atoms with Crippen LogP contribution >= 0.6 is 0 Å². The Bertz CT molecular complexity index is 1360. The summed E-state index contributed by atoms with van der Waals surface area (Å²) in [4.78, 5) is 46.4. The van der Waals surface area contributed by atoms with E-state index < -0.39 is 23.1 Å². The molecule has 2 amide bonds. The van der Waals surface area contributed by atoms with Crippen LogP contribution in [0.15, 0.2) is 60.7 Å². The van der Waals surface area contributed by atoms with Gasteiger partial charge in [-0.2, -0.15) is 0 Å². The van der Waals surface area contributed by atoms with Crippen LogP contribution in [0.25, 0.3) is 5.76 Å². The topological polar surface area (TPSA) is 99.6 Å². The number of Topliss-reactive ketones (excluding diaryl/α,β-unsaturated/α-hetero) is 1. The predicted octanol–water partition coefficient (Wildman–Crippen LogP) is 2.83. The zero-order chi connectivity index (χ0) is 27.7. The van der Waals surface area contributed by atoms with Gasteiger partial charge in [-0.1, -0.05) is 30.9 Å². The number of benzene rings is 2. The largest absolute Gasteiger partial charge is 0.507 e. The molecule has 3 aliphatic heterocycles. The summed E-state index contributed by atoms with van der Waals surface area (Å²) in [6, 6.07) is 12.1. The van der Waals surface area contributed by atoms with Gasteiger partial charge < -0.3 is 24.4 Å². The summed E-state index contributed by atoms with van der Waals surface area (Å²) in [5.74, 6) is -1.90. The average molecular weight is 532 g/mol. The second-order valence-electron chi connectivity index (χ2n) is 9.99. The molecule has 0 radical (unpaired) electrons. The zero-order valence-electron chi connectivity index (χ0n) is 22.3. The molecular weight excluding hydrogens is 498 g/mol. The van der Waals surface area contributed by atoms with Gasteiger partial charge in [-0.15, -0.1) is 0 Å². The molecule has 3 heterocycles. The Labute approximate surface area is 227 Å². The lowest BCUT2D eigenvalue weighted by atomic mass is 9.81. The normalized spacial score (nSPS) is 22.6. The van der Waals surface area contributed by atoms with Crippen molar-refractivity contribution in [1.29, 1.82) is 0 Å². The minimum absolute atomic E-state index is 0.181. The Morgan fingerprint density at radius 2 is 1.87 bits per heavy atom. The van der Waals surface area contributed by atoms with Crippen LogP contribution in [0.4, 0.5) is 5.69 Å². The Morgan fingerprint density at radius 3 is 2.59 bits per heavy atom. The molecule has 0 aromatic heterocycles. The molecule has 9 heteroatoms. The number of para-hydroxylation sites is 1. The van der Waals surface area contributed by atoms with E-state index in [-0.39, 0.29) is 17.9 Å². The Morgan fingerprint density at radius 1 is 1.13 bits per heavy atom. The first-order chi connectivity index (χ1) is 18.8. The number of morpholine rings is 1. The Balaban J connectivity index is 1.61. The molecule has 2 aromatic rings. The standard InChI is InChI=1S/C30H33N3O6/c1-4-16-39-24-11-10-21(19-20(24)2)26(34)25-27(35)28(36)33(13-7-12-32-14-17-38-18-15-32)30(25)22-8-5-6-9-23(22)31(3)29(30)37/h4-6,8-11,19,34H,1,7,12-18H2,2-3H3/t30-/m0/s1. The van der Waals surface area contributed by atoms with Gasteiger partial charge in [0.1, 0.15) is 18.1 Å². The van der Waals surface area contributed by atoms with E-state index in [1.807, 2.05) is 6.92 Å². The minimum atomic E-state index is -1.75. The maximum atomic E-state index is 14.1. The number of hydrogen-bond acceptors (Lipinski definition) is 7. The van der Waals surface area contributed by atoms with Gasteiger partial charge in [0.25, 0.3) is 17.6 Å². The highest BCUT2D eigenvalue weighted by Crippen LogP contribution is 2.53. The molecular formula is C30H33N3O6. The SMILES string of the molecule is C=CCOc1ccc(C(O)=C2C(=O)C(=O)N(CCCN3CCOCC3)[C@]23C(=O)N(C)c2ccccc23)cc1C. The summed E-state index contributed by atoms with van der Waals surface area (Å²) in [5, 5.41) is 11.6. The van der Waals surface area contributed by atoms with Crippen LogP contribution < -0.4 is 9.64 Å². The van der Waals surface area contributed by atoms with E-state index in [1.54, 1.807) is 55.6 Å². The van der Waals surface area contributed by atoms with Crippen molar-refractivity contribution >= 4 is 29.0 Å². The lowest BCUT2D eigenvalue weighted by molar-refractivity contribution is -0.143. The highest BCUT2D eigenvalue weighted by atomic mass is 16.5. The van der Waals surface area contributed by atoms with Crippen LogP contribution in [-0.4, -0.2) is 85.6 Å². The number of aliphatic hydroxyl groups excluding tert-OH is 1. The number of hydrogen-bond donors (Lipinski definition) is 1. The van der Waals surface area contributed by atoms with Gasteiger partial charge in [0.2, 0.25) is 0 Å². The van der Waals surface area contributed by atoms with E-state index in [0.29, 0.717) is 55.4 Å². The number of amides is 2. The number of fused-ring (bicyclic) bond motifs is 2. The van der Waals surface area contributed by atoms with E-state index in [1.165, 1.54) is 9.80 Å². The van der Waals surface area contributed by atoms with Gasteiger partial charge in [-0.05, 0) is 43.2 Å². The average Bonchev–Trinajstić information content (AvgIpc) is 3.31. The van der Waals surface area contributed by atoms with Crippen LogP contribution in [-0.2, 0) is 24.7 Å². The number of likely N-dealkylation sites (tertiary alicyclic amines) is 1. The number of carbonyl (C=O) groups is 3. The maximum absolute atomic E-state index is 14.1.